The van der Waals surface area contributed by atoms with E-state index >= 15 is 0 Å². The summed E-state index contributed by atoms with van der Waals surface area (Å²) in [5.41, 5.74) is 1.16. The highest BCUT2D eigenvalue weighted by Gasteiger charge is 2.12. The number of nitrogens with one attached hydrogen (secondary N) is 1. The first-order chi connectivity index (χ1) is 11.3. The number of anilines is 2. The predicted molar refractivity (Wildman–Crippen MR) is 87.2 cm³/mol. The van der Waals surface area contributed by atoms with Crippen LogP contribution >= 0.6 is 0 Å². The van der Waals surface area contributed by atoms with Gasteiger partial charge in [0.15, 0.2) is 11.6 Å². The summed E-state index contributed by atoms with van der Waals surface area (Å²) in [7, 11) is 0. The minimum atomic E-state index is -0.393. The topological polar surface area (TPSA) is 58.9 Å². The Balaban J connectivity index is 1.58. The van der Waals surface area contributed by atoms with Gasteiger partial charge in [-0.2, -0.15) is 5.10 Å². The average molecular weight is 318 g/mol. The van der Waals surface area contributed by atoms with Crippen molar-refractivity contribution in [2.75, 3.05) is 25.0 Å². The van der Waals surface area contributed by atoms with Crippen LogP contribution in [0.2, 0.25) is 0 Å². The van der Waals surface area contributed by atoms with Crippen LogP contribution in [-0.2, 0) is 13.0 Å². The number of aromatic nitrogens is 4. The van der Waals surface area contributed by atoms with Gasteiger partial charge in [0.05, 0.1) is 24.1 Å². The normalized spacial score (nSPS) is 15.7. The molecule has 1 aliphatic heterocycles. The van der Waals surface area contributed by atoms with Crippen LogP contribution in [0.5, 0.6) is 0 Å². The van der Waals surface area contributed by atoms with Gasteiger partial charge in [0.1, 0.15) is 6.33 Å². The highest BCUT2D eigenvalue weighted by atomic mass is 19.1. The SMILES string of the molecule is CCc1ncnc(Nc2cnn(CCN3CCCCC3)c2)c1F. The summed E-state index contributed by atoms with van der Waals surface area (Å²) in [5.74, 6) is -0.191. The molecule has 2 aromatic heterocycles. The van der Waals surface area contributed by atoms with Crippen molar-refractivity contribution in [1.29, 1.82) is 0 Å². The van der Waals surface area contributed by atoms with Gasteiger partial charge in [-0.15, -0.1) is 0 Å². The van der Waals surface area contributed by atoms with Crippen molar-refractivity contribution < 1.29 is 4.39 Å². The Labute approximate surface area is 135 Å². The van der Waals surface area contributed by atoms with Crippen molar-refractivity contribution in [1.82, 2.24) is 24.6 Å². The molecule has 1 N–H and O–H groups in total. The maximum absolute atomic E-state index is 14.1. The van der Waals surface area contributed by atoms with E-state index in [4.69, 9.17) is 0 Å². The fourth-order valence-electron chi connectivity index (χ4n) is 2.85. The molecular weight excluding hydrogens is 295 g/mol. The molecule has 1 saturated heterocycles. The molecule has 0 aliphatic carbocycles. The third-order valence-electron chi connectivity index (χ3n) is 4.19. The quantitative estimate of drug-likeness (QED) is 0.887. The predicted octanol–water partition coefficient (Wildman–Crippen LogP) is 2.60. The van der Waals surface area contributed by atoms with E-state index in [1.807, 2.05) is 17.8 Å². The standard InChI is InChI=1S/C16H23FN6/c1-2-14-15(17)16(19-12-18-14)21-13-10-20-23(11-13)9-8-22-6-4-3-5-7-22/h10-12H,2-9H2,1H3,(H,18,19,21). The largest absolute Gasteiger partial charge is 0.335 e. The van der Waals surface area contributed by atoms with Gasteiger partial charge in [0.25, 0.3) is 0 Å². The molecule has 6 nitrogen and oxygen atoms in total. The Hall–Kier alpha value is -2.02. The molecule has 23 heavy (non-hydrogen) atoms. The molecule has 124 valence electrons. The number of hydrogen-bond donors (Lipinski definition) is 1. The zero-order valence-electron chi connectivity index (χ0n) is 13.5. The van der Waals surface area contributed by atoms with Gasteiger partial charge >= 0.3 is 0 Å². The number of nitrogens with zero attached hydrogens (tertiary/aromatic N) is 5. The Morgan fingerprint density at radius 2 is 2.00 bits per heavy atom. The van der Waals surface area contributed by atoms with Crippen molar-refractivity contribution in [3.8, 4) is 0 Å². The number of aryl methyl sites for hydroxylation is 1. The first-order valence-corrected chi connectivity index (χ1v) is 8.27. The lowest BCUT2D eigenvalue weighted by molar-refractivity contribution is 0.218. The number of hydrogen-bond acceptors (Lipinski definition) is 5. The van der Waals surface area contributed by atoms with Crippen LogP contribution in [0.4, 0.5) is 15.9 Å². The summed E-state index contributed by atoms with van der Waals surface area (Å²) in [6.45, 7) is 6.07. The van der Waals surface area contributed by atoms with Crippen LogP contribution in [0.25, 0.3) is 0 Å². The van der Waals surface area contributed by atoms with Gasteiger partial charge < -0.3 is 10.2 Å². The molecule has 0 atom stereocenters. The summed E-state index contributed by atoms with van der Waals surface area (Å²) in [5, 5.41) is 7.31. The minimum absolute atomic E-state index is 0.201. The average Bonchev–Trinajstić information content (AvgIpc) is 3.03. The highest BCUT2D eigenvalue weighted by molar-refractivity contribution is 5.54. The highest BCUT2D eigenvalue weighted by Crippen LogP contribution is 2.18. The summed E-state index contributed by atoms with van der Waals surface area (Å²) >= 11 is 0. The molecule has 0 amide bonds. The fourth-order valence-corrected chi connectivity index (χ4v) is 2.85. The monoisotopic (exact) mass is 318 g/mol. The molecule has 1 aliphatic rings. The van der Waals surface area contributed by atoms with E-state index in [1.165, 1.54) is 38.7 Å². The number of piperidine rings is 1. The molecule has 3 heterocycles. The van der Waals surface area contributed by atoms with Crippen LogP contribution in [0.15, 0.2) is 18.7 Å². The Morgan fingerprint density at radius 3 is 2.78 bits per heavy atom. The van der Waals surface area contributed by atoms with Crippen molar-refractivity contribution in [3.05, 3.63) is 30.2 Å². The van der Waals surface area contributed by atoms with E-state index in [0.29, 0.717) is 12.1 Å². The fraction of sp³-hybridized carbons (Fsp3) is 0.562. The molecule has 0 aromatic carbocycles. The Bertz CT molecular complexity index is 635. The van der Waals surface area contributed by atoms with Gasteiger partial charge in [-0.25, -0.2) is 14.4 Å². The summed E-state index contributed by atoms with van der Waals surface area (Å²) < 4.78 is 16.0. The molecule has 0 unspecified atom stereocenters. The van der Waals surface area contributed by atoms with Gasteiger partial charge in [-0.3, -0.25) is 4.68 Å². The third kappa shape index (κ3) is 4.04. The van der Waals surface area contributed by atoms with Crippen LogP contribution in [0, 0.1) is 5.82 Å². The molecule has 1 fully saturated rings. The second kappa shape index (κ2) is 7.50. The first kappa shape index (κ1) is 15.9. The molecule has 0 saturated carbocycles. The summed E-state index contributed by atoms with van der Waals surface area (Å²) in [6, 6.07) is 0. The first-order valence-electron chi connectivity index (χ1n) is 8.27. The van der Waals surface area contributed by atoms with Crippen LogP contribution in [0.1, 0.15) is 31.9 Å². The van der Waals surface area contributed by atoms with Gasteiger partial charge in [0, 0.05) is 12.7 Å². The molecule has 0 radical (unpaired) electrons. The van der Waals surface area contributed by atoms with Crippen molar-refractivity contribution in [3.63, 3.8) is 0 Å². The van der Waals surface area contributed by atoms with Crippen LogP contribution in [-0.4, -0.2) is 44.3 Å². The lowest BCUT2D eigenvalue weighted by Crippen LogP contribution is -2.32. The number of halogens is 1. The lowest BCUT2D eigenvalue weighted by Gasteiger charge is -2.26. The Morgan fingerprint density at radius 1 is 1.17 bits per heavy atom. The number of rotatable bonds is 6. The maximum Gasteiger partial charge on any atom is 0.187 e. The third-order valence-corrected chi connectivity index (χ3v) is 4.19. The molecule has 0 bridgehead atoms. The van der Waals surface area contributed by atoms with E-state index < -0.39 is 5.82 Å². The van der Waals surface area contributed by atoms with E-state index in [2.05, 4.69) is 25.3 Å². The van der Waals surface area contributed by atoms with Crippen LogP contribution in [0.3, 0.4) is 0 Å². The summed E-state index contributed by atoms with van der Waals surface area (Å²) in [6.07, 6.45) is 9.43. The summed E-state index contributed by atoms with van der Waals surface area (Å²) in [4.78, 5) is 10.4. The van der Waals surface area contributed by atoms with E-state index in [-0.39, 0.29) is 5.82 Å². The molecule has 2 aromatic rings. The molecule has 0 spiro atoms. The van der Waals surface area contributed by atoms with Gasteiger partial charge in [0.2, 0.25) is 0 Å². The van der Waals surface area contributed by atoms with Crippen molar-refractivity contribution in [2.24, 2.45) is 0 Å². The van der Waals surface area contributed by atoms with Gasteiger partial charge in [-0.05, 0) is 32.4 Å². The molecule has 7 heteroatoms. The zero-order valence-corrected chi connectivity index (χ0v) is 13.5. The molecular formula is C16H23FN6. The second-order valence-electron chi connectivity index (χ2n) is 5.86. The van der Waals surface area contributed by atoms with Crippen molar-refractivity contribution >= 4 is 11.5 Å². The zero-order chi connectivity index (χ0) is 16.1. The minimum Gasteiger partial charge on any atom is -0.335 e. The van der Waals surface area contributed by atoms with Crippen LogP contribution < -0.4 is 5.32 Å². The van der Waals surface area contributed by atoms with Crippen molar-refractivity contribution in [2.45, 2.75) is 39.2 Å². The second-order valence-corrected chi connectivity index (χ2v) is 5.86. The smallest absolute Gasteiger partial charge is 0.187 e. The molecule has 3 rings (SSSR count). The van der Waals surface area contributed by atoms with E-state index in [0.717, 1.165) is 18.8 Å². The Kier molecular flexibility index (Phi) is 5.17. The lowest BCUT2D eigenvalue weighted by atomic mass is 10.1. The van der Waals surface area contributed by atoms with E-state index in [9.17, 15) is 4.39 Å². The van der Waals surface area contributed by atoms with Gasteiger partial charge in [-0.1, -0.05) is 13.3 Å². The number of likely N-dealkylation sites (tertiary alicyclic amines) is 1. The van der Waals surface area contributed by atoms with E-state index in [1.54, 1.807) is 6.20 Å². The maximum atomic E-state index is 14.1.